The van der Waals surface area contributed by atoms with Crippen LogP contribution in [0.4, 0.5) is 5.13 Å². The second-order valence-corrected chi connectivity index (χ2v) is 7.52. The van der Waals surface area contributed by atoms with Gasteiger partial charge >= 0.3 is 0 Å². The Hall–Kier alpha value is -2.08. The summed E-state index contributed by atoms with van der Waals surface area (Å²) in [5.41, 5.74) is 2.23. The van der Waals surface area contributed by atoms with E-state index in [2.05, 4.69) is 10.3 Å². The lowest BCUT2D eigenvalue weighted by Gasteiger charge is -2.07. The van der Waals surface area contributed by atoms with E-state index in [0.29, 0.717) is 32.9 Å². The largest absolute Gasteiger partial charge is 0.496 e. The Balaban J connectivity index is 1.80. The highest BCUT2D eigenvalue weighted by Gasteiger charge is 2.16. The second kappa shape index (κ2) is 8.08. The van der Waals surface area contributed by atoms with Crippen LogP contribution in [0.1, 0.15) is 26.5 Å². The third-order valence-electron chi connectivity index (χ3n) is 3.82. The van der Waals surface area contributed by atoms with E-state index in [0.717, 1.165) is 16.1 Å². The molecule has 2 aromatic carbocycles. The maximum Gasteiger partial charge on any atom is 0.261 e. The summed E-state index contributed by atoms with van der Waals surface area (Å²) in [6.07, 6.45) is 0.605. The first-order chi connectivity index (χ1) is 12.5. The van der Waals surface area contributed by atoms with Crippen molar-refractivity contribution in [3.8, 4) is 5.75 Å². The number of methoxy groups -OCH3 is 1. The molecule has 3 aromatic rings. The molecule has 7 heteroatoms. The van der Waals surface area contributed by atoms with Gasteiger partial charge in [0.05, 0.1) is 18.4 Å². The van der Waals surface area contributed by atoms with Gasteiger partial charge in [-0.1, -0.05) is 35.3 Å². The van der Waals surface area contributed by atoms with Gasteiger partial charge in [-0.2, -0.15) is 0 Å². The summed E-state index contributed by atoms with van der Waals surface area (Å²) >= 11 is 13.7. The van der Waals surface area contributed by atoms with Crippen LogP contribution >= 0.6 is 34.5 Å². The molecule has 0 bridgehead atoms. The molecule has 0 atom stereocenters. The maximum atomic E-state index is 12.5. The molecule has 1 amide bonds. The number of nitrogens with zero attached hydrogens (tertiary/aromatic N) is 1. The molecular weight excluding hydrogens is 391 g/mol. The molecule has 0 aliphatic rings. The Labute approximate surface area is 165 Å². The van der Waals surface area contributed by atoms with Crippen molar-refractivity contribution < 1.29 is 9.53 Å². The molecule has 0 radical (unpaired) electrons. The average Bonchev–Trinajstić information content (AvgIpc) is 2.97. The number of aryl methyl sites for hydroxylation is 1. The first-order valence-electron chi connectivity index (χ1n) is 7.82. The Bertz CT molecular complexity index is 956. The van der Waals surface area contributed by atoms with Gasteiger partial charge in [0, 0.05) is 21.3 Å². The molecule has 3 rings (SSSR count). The van der Waals surface area contributed by atoms with Gasteiger partial charge in [0.2, 0.25) is 0 Å². The fourth-order valence-corrected chi connectivity index (χ4v) is 3.85. The molecule has 0 aliphatic carbocycles. The van der Waals surface area contributed by atoms with E-state index in [4.69, 9.17) is 27.9 Å². The molecule has 0 spiro atoms. The smallest absolute Gasteiger partial charge is 0.261 e. The van der Waals surface area contributed by atoms with Gasteiger partial charge in [-0.3, -0.25) is 10.1 Å². The molecular formula is C19H16Cl2N2O2S. The van der Waals surface area contributed by atoms with Crippen molar-refractivity contribution in [1.82, 2.24) is 4.98 Å². The van der Waals surface area contributed by atoms with Crippen LogP contribution in [-0.2, 0) is 6.42 Å². The number of aromatic nitrogens is 1. The van der Waals surface area contributed by atoms with Gasteiger partial charge in [-0.15, -0.1) is 11.3 Å². The number of ether oxygens (including phenoxy) is 1. The SMILES string of the molecule is COc1ccccc1C(=O)Nc1nc(C)c(Cc2cc(Cl)ccc2Cl)s1. The van der Waals surface area contributed by atoms with Crippen molar-refractivity contribution in [3.05, 3.63) is 74.2 Å². The Morgan fingerprint density at radius 2 is 2.00 bits per heavy atom. The first-order valence-corrected chi connectivity index (χ1v) is 9.39. The molecule has 1 N–H and O–H groups in total. The maximum absolute atomic E-state index is 12.5. The highest BCUT2D eigenvalue weighted by Crippen LogP contribution is 2.30. The van der Waals surface area contributed by atoms with Crippen molar-refractivity contribution in [2.24, 2.45) is 0 Å². The summed E-state index contributed by atoms with van der Waals surface area (Å²) in [5, 5.41) is 4.66. The molecule has 0 saturated heterocycles. The fourth-order valence-electron chi connectivity index (χ4n) is 2.49. The second-order valence-electron chi connectivity index (χ2n) is 5.59. The van der Waals surface area contributed by atoms with Crippen LogP contribution < -0.4 is 10.1 Å². The number of hydrogen-bond donors (Lipinski definition) is 1. The molecule has 26 heavy (non-hydrogen) atoms. The molecule has 4 nitrogen and oxygen atoms in total. The third kappa shape index (κ3) is 4.18. The van der Waals surface area contributed by atoms with Crippen molar-refractivity contribution in [2.75, 3.05) is 12.4 Å². The number of hydrogen-bond acceptors (Lipinski definition) is 4. The van der Waals surface area contributed by atoms with Gasteiger partial charge < -0.3 is 4.74 Å². The van der Waals surface area contributed by atoms with Crippen LogP contribution in [0.5, 0.6) is 5.75 Å². The first kappa shape index (κ1) is 18.7. The summed E-state index contributed by atoms with van der Waals surface area (Å²) in [6, 6.07) is 12.4. The van der Waals surface area contributed by atoms with Gasteiger partial charge in [0.15, 0.2) is 5.13 Å². The van der Waals surface area contributed by atoms with Crippen LogP contribution in [0, 0.1) is 6.92 Å². The van der Waals surface area contributed by atoms with Gasteiger partial charge in [-0.25, -0.2) is 4.98 Å². The third-order valence-corrected chi connectivity index (χ3v) is 5.50. The highest BCUT2D eigenvalue weighted by molar-refractivity contribution is 7.15. The fraction of sp³-hybridized carbons (Fsp3) is 0.158. The number of carbonyl (C=O) groups excluding carboxylic acids is 1. The van der Waals surface area contributed by atoms with Crippen molar-refractivity contribution in [2.45, 2.75) is 13.3 Å². The minimum Gasteiger partial charge on any atom is -0.496 e. The highest BCUT2D eigenvalue weighted by atomic mass is 35.5. The van der Waals surface area contributed by atoms with E-state index in [1.807, 2.05) is 19.1 Å². The topological polar surface area (TPSA) is 51.2 Å². The van der Waals surface area contributed by atoms with Crippen molar-refractivity contribution in [3.63, 3.8) is 0 Å². The lowest BCUT2D eigenvalue weighted by Crippen LogP contribution is -2.12. The van der Waals surface area contributed by atoms with E-state index in [-0.39, 0.29) is 5.91 Å². The van der Waals surface area contributed by atoms with Crippen LogP contribution in [0.2, 0.25) is 10.0 Å². The van der Waals surface area contributed by atoms with Crippen LogP contribution in [0.15, 0.2) is 42.5 Å². The number of rotatable bonds is 5. The van der Waals surface area contributed by atoms with Crippen LogP contribution in [0.25, 0.3) is 0 Å². The zero-order chi connectivity index (χ0) is 18.7. The van der Waals surface area contributed by atoms with E-state index >= 15 is 0 Å². The summed E-state index contributed by atoms with van der Waals surface area (Å²) in [7, 11) is 1.53. The average molecular weight is 407 g/mol. The number of amides is 1. The molecule has 1 aromatic heterocycles. The lowest BCUT2D eigenvalue weighted by molar-refractivity contribution is 0.102. The van der Waals surface area contributed by atoms with E-state index in [1.54, 1.807) is 30.3 Å². The van der Waals surface area contributed by atoms with Crippen molar-refractivity contribution in [1.29, 1.82) is 0 Å². The molecule has 0 fully saturated rings. The summed E-state index contributed by atoms with van der Waals surface area (Å²) in [5.74, 6) is 0.257. The molecule has 0 aliphatic heterocycles. The van der Waals surface area contributed by atoms with Crippen molar-refractivity contribution >= 4 is 45.6 Å². The summed E-state index contributed by atoms with van der Waals surface area (Å²) in [4.78, 5) is 18.0. The number of benzene rings is 2. The zero-order valence-electron chi connectivity index (χ0n) is 14.2. The number of carbonyl (C=O) groups is 1. The quantitative estimate of drug-likeness (QED) is 0.598. The van der Waals surface area contributed by atoms with E-state index in [9.17, 15) is 4.79 Å². The summed E-state index contributed by atoms with van der Waals surface area (Å²) < 4.78 is 5.23. The molecule has 1 heterocycles. The number of nitrogens with one attached hydrogen (secondary N) is 1. The van der Waals surface area contributed by atoms with Crippen LogP contribution in [0.3, 0.4) is 0 Å². The van der Waals surface area contributed by atoms with Gasteiger partial charge in [0.25, 0.3) is 5.91 Å². The predicted octanol–water partition coefficient (Wildman–Crippen LogP) is 5.61. The van der Waals surface area contributed by atoms with E-state index < -0.39 is 0 Å². The van der Waals surface area contributed by atoms with E-state index in [1.165, 1.54) is 18.4 Å². The predicted molar refractivity (Wildman–Crippen MR) is 107 cm³/mol. The van der Waals surface area contributed by atoms with Crippen LogP contribution in [-0.4, -0.2) is 18.0 Å². The summed E-state index contributed by atoms with van der Waals surface area (Å²) in [6.45, 7) is 1.91. The zero-order valence-corrected chi connectivity index (χ0v) is 16.5. The van der Waals surface area contributed by atoms with Gasteiger partial charge in [0.1, 0.15) is 5.75 Å². The Morgan fingerprint density at radius 3 is 2.77 bits per heavy atom. The minimum atomic E-state index is -0.261. The molecule has 0 saturated carbocycles. The molecule has 0 unspecified atom stereocenters. The standard InChI is InChI=1S/C19H16Cl2N2O2S/c1-11-17(10-12-9-13(20)7-8-15(12)21)26-19(22-11)23-18(24)14-5-3-4-6-16(14)25-2/h3-9H,10H2,1-2H3,(H,22,23,24). The van der Waals surface area contributed by atoms with Gasteiger partial charge in [-0.05, 0) is 42.8 Å². The number of anilines is 1. The normalized spacial score (nSPS) is 10.6. The Kier molecular flexibility index (Phi) is 5.81. The lowest BCUT2D eigenvalue weighted by atomic mass is 10.1. The minimum absolute atomic E-state index is 0.261. The monoisotopic (exact) mass is 406 g/mol. The number of para-hydroxylation sites is 1. The Morgan fingerprint density at radius 1 is 1.23 bits per heavy atom. The number of thiazole rings is 1. The molecule has 134 valence electrons. The number of halogens is 2.